The number of aliphatic hydroxyl groups excluding tert-OH is 1. The highest BCUT2D eigenvalue weighted by molar-refractivity contribution is 5.97. The Morgan fingerprint density at radius 3 is 2.80 bits per heavy atom. The molecule has 1 amide bonds. The van der Waals surface area contributed by atoms with E-state index >= 15 is 0 Å². The zero-order chi connectivity index (χ0) is 14.9. The molecule has 2 unspecified atom stereocenters. The number of amides is 1. The Kier molecular flexibility index (Phi) is 4.30. The summed E-state index contributed by atoms with van der Waals surface area (Å²) in [7, 11) is 3.88. The maximum Gasteiger partial charge on any atom is 0.258 e. The molecule has 1 heterocycles. The van der Waals surface area contributed by atoms with Gasteiger partial charge >= 0.3 is 0 Å². The third-order valence-electron chi connectivity index (χ3n) is 3.61. The van der Waals surface area contributed by atoms with Gasteiger partial charge in [0.1, 0.15) is 5.75 Å². The van der Waals surface area contributed by atoms with E-state index < -0.39 is 6.10 Å². The molecule has 1 aromatic rings. The number of phenolic OH excluding ortho intramolecular Hbond substituents is 1. The Balaban J connectivity index is 2.24. The average Bonchev–Trinajstić information content (AvgIpc) is 2.71. The lowest BCUT2D eigenvalue weighted by Crippen LogP contribution is -2.41. The minimum Gasteiger partial charge on any atom is -0.507 e. The van der Waals surface area contributed by atoms with Crippen molar-refractivity contribution in [2.24, 2.45) is 0 Å². The summed E-state index contributed by atoms with van der Waals surface area (Å²) in [5.41, 5.74) is 1.23. The third kappa shape index (κ3) is 3.11. The van der Waals surface area contributed by atoms with Gasteiger partial charge in [0.05, 0.1) is 11.7 Å². The number of likely N-dealkylation sites (tertiary alicyclic amines) is 1. The minimum absolute atomic E-state index is 0.00871. The van der Waals surface area contributed by atoms with Gasteiger partial charge in [-0.1, -0.05) is 11.6 Å². The second kappa shape index (κ2) is 5.81. The van der Waals surface area contributed by atoms with Crippen LogP contribution in [0, 0.1) is 6.92 Å². The molecule has 5 nitrogen and oxygen atoms in total. The normalized spacial score (nSPS) is 22.6. The van der Waals surface area contributed by atoms with Crippen LogP contribution in [0.1, 0.15) is 22.3 Å². The monoisotopic (exact) mass is 278 g/mol. The second-order valence-corrected chi connectivity index (χ2v) is 5.78. The predicted octanol–water partition coefficient (Wildman–Crippen LogP) is 0.838. The van der Waals surface area contributed by atoms with Crippen LogP contribution in [0.2, 0.25) is 0 Å². The van der Waals surface area contributed by atoms with E-state index in [9.17, 15) is 15.0 Å². The van der Waals surface area contributed by atoms with Crippen molar-refractivity contribution in [1.29, 1.82) is 0 Å². The Labute approximate surface area is 119 Å². The highest BCUT2D eigenvalue weighted by Gasteiger charge is 2.35. The maximum absolute atomic E-state index is 12.6. The van der Waals surface area contributed by atoms with Crippen molar-refractivity contribution in [2.45, 2.75) is 25.5 Å². The smallest absolute Gasteiger partial charge is 0.258 e. The second-order valence-electron chi connectivity index (χ2n) is 5.78. The van der Waals surface area contributed by atoms with Crippen LogP contribution in [0.25, 0.3) is 0 Å². The molecule has 0 aliphatic carbocycles. The summed E-state index contributed by atoms with van der Waals surface area (Å²) in [5, 5.41) is 19.7. The molecule has 0 saturated carbocycles. The number of aliphatic hydroxyl groups is 1. The summed E-state index contributed by atoms with van der Waals surface area (Å²) in [6.45, 7) is 2.91. The van der Waals surface area contributed by atoms with Gasteiger partial charge in [-0.15, -0.1) is 0 Å². The molecule has 1 aromatic carbocycles. The minimum atomic E-state index is -0.490. The van der Waals surface area contributed by atoms with Crippen LogP contribution in [0.5, 0.6) is 5.75 Å². The van der Waals surface area contributed by atoms with Crippen molar-refractivity contribution in [3.05, 3.63) is 29.3 Å². The van der Waals surface area contributed by atoms with Gasteiger partial charge in [0.15, 0.2) is 0 Å². The summed E-state index contributed by atoms with van der Waals surface area (Å²) < 4.78 is 0. The van der Waals surface area contributed by atoms with E-state index in [4.69, 9.17) is 0 Å². The number of aromatic hydroxyl groups is 1. The summed E-state index contributed by atoms with van der Waals surface area (Å²) in [5.74, 6) is -0.222. The Hall–Kier alpha value is -1.59. The van der Waals surface area contributed by atoms with E-state index in [1.165, 1.54) is 6.07 Å². The lowest BCUT2D eigenvalue weighted by Gasteiger charge is -2.27. The van der Waals surface area contributed by atoms with E-state index in [1.807, 2.05) is 25.9 Å². The summed E-state index contributed by atoms with van der Waals surface area (Å²) in [6.07, 6.45) is 0.0899. The fourth-order valence-corrected chi connectivity index (χ4v) is 2.71. The van der Waals surface area contributed by atoms with Crippen molar-refractivity contribution >= 4 is 5.91 Å². The van der Waals surface area contributed by atoms with E-state index in [2.05, 4.69) is 0 Å². The molecular formula is C15H22N2O3. The van der Waals surface area contributed by atoms with Crippen LogP contribution in [0.15, 0.2) is 18.2 Å². The molecule has 1 aliphatic rings. The molecule has 110 valence electrons. The molecule has 1 aliphatic heterocycles. The number of rotatable bonds is 3. The highest BCUT2D eigenvalue weighted by Crippen LogP contribution is 2.25. The first-order chi connectivity index (χ1) is 9.38. The molecule has 2 atom stereocenters. The molecule has 1 saturated heterocycles. The fourth-order valence-electron chi connectivity index (χ4n) is 2.71. The SMILES string of the molecule is Cc1ccc(O)c(C(=O)N2CC(O)CC2CN(C)C)c1. The van der Waals surface area contributed by atoms with Gasteiger partial charge in [0, 0.05) is 19.1 Å². The first kappa shape index (κ1) is 14.8. The van der Waals surface area contributed by atoms with E-state index in [0.717, 1.165) is 5.56 Å². The lowest BCUT2D eigenvalue weighted by atomic mass is 10.1. The first-order valence-electron chi connectivity index (χ1n) is 6.82. The number of carbonyl (C=O) groups excluding carboxylic acids is 1. The molecule has 20 heavy (non-hydrogen) atoms. The zero-order valence-electron chi connectivity index (χ0n) is 12.2. The quantitative estimate of drug-likeness (QED) is 0.860. The largest absolute Gasteiger partial charge is 0.507 e. The number of benzene rings is 1. The van der Waals surface area contributed by atoms with Gasteiger partial charge in [-0.25, -0.2) is 0 Å². The van der Waals surface area contributed by atoms with Crippen molar-refractivity contribution in [2.75, 3.05) is 27.2 Å². The van der Waals surface area contributed by atoms with E-state index in [-0.39, 0.29) is 17.7 Å². The number of aryl methyl sites for hydroxylation is 1. The average molecular weight is 278 g/mol. The standard InChI is InChI=1S/C15H22N2O3/c1-10-4-5-14(19)13(6-10)15(20)17-9-12(18)7-11(17)8-16(2)3/h4-6,11-12,18-19H,7-9H2,1-3H3. The molecule has 0 radical (unpaired) electrons. The van der Waals surface area contributed by atoms with Gasteiger partial charge in [0.2, 0.25) is 0 Å². The number of hydrogen-bond donors (Lipinski definition) is 2. The van der Waals surface area contributed by atoms with Crippen LogP contribution in [-0.4, -0.2) is 65.3 Å². The lowest BCUT2D eigenvalue weighted by molar-refractivity contribution is 0.0696. The Morgan fingerprint density at radius 1 is 1.45 bits per heavy atom. The van der Waals surface area contributed by atoms with Gasteiger partial charge in [-0.2, -0.15) is 0 Å². The van der Waals surface area contributed by atoms with Crippen LogP contribution in [0.3, 0.4) is 0 Å². The van der Waals surface area contributed by atoms with Gasteiger partial charge in [0.25, 0.3) is 5.91 Å². The van der Waals surface area contributed by atoms with Crippen molar-refractivity contribution in [3.8, 4) is 5.75 Å². The van der Waals surface area contributed by atoms with Crippen molar-refractivity contribution < 1.29 is 15.0 Å². The fraction of sp³-hybridized carbons (Fsp3) is 0.533. The number of β-amino-alcohol motifs (C(OH)–C–C–N with tert-alkyl or cyclic N) is 1. The predicted molar refractivity (Wildman–Crippen MR) is 76.8 cm³/mol. The molecule has 0 spiro atoms. The first-order valence-corrected chi connectivity index (χ1v) is 6.82. The summed E-state index contributed by atoms with van der Waals surface area (Å²) >= 11 is 0. The number of phenols is 1. The molecular weight excluding hydrogens is 256 g/mol. The van der Waals surface area contributed by atoms with Gasteiger partial charge < -0.3 is 20.0 Å². The summed E-state index contributed by atoms with van der Waals surface area (Å²) in [4.78, 5) is 16.3. The number of hydrogen-bond acceptors (Lipinski definition) is 4. The number of likely N-dealkylation sites (N-methyl/N-ethyl adjacent to an activating group) is 1. The molecule has 5 heteroatoms. The van der Waals surface area contributed by atoms with Crippen LogP contribution in [-0.2, 0) is 0 Å². The summed E-state index contributed by atoms with van der Waals surface area (Å²) in [6, 6.07) is 4.97. The van der Waals surface area contributed by atoms with Crippen molar-refractivity contribution in [1.82, 2.24) is 9.80 Å². The number of carbonyl (C=O) groups is 1. The van der Waals surface area contributed by atoms with E-state index in [1.54, 1.807) is 17.0 Å². The molecule has 0 aromatic heterocycles. The van der Waals surface area contributed by atoms with Crippen LogP contribution in [0.4, 0.5) is 0 Å². The maximum atomic E-state index is 12.6. The topological polar surface area (TPSA) is 64.0 Å². The molecule has 2 N–H and O–H groups in total. The van der Waals surface area contributed by atoms with Crippen LogP contribution >= 0.6 is 0 Å². The molecule has 0 bridgehead atoms. The molecule has 1 fully saturated rings. The highest BCUT2D eigenvalue weighted by atomic mass is 16.3. The number of nitrogens with zero attached hydrogens (tertiary/aromatic N) is 2. The van der Waals surface area contributed by atoms with Crippen LogP contribution < -0.4 is 0 Å². The Morgan fingerprint density at radius 2 is 2.15 bits per heavy atom. The molecule has 2 rings (SSSR count). The zero-order valence-corrected chi connectivity index (χ0v) is 12.2. The van der Waals surface area contributed by atoms with Gasteiger partial charge in [-0.3, -0.25) is 4.79 Å². The third-order valence-corrected chi connectivity index (χ3v) is 3.61. The Bertz CT molecular complexity index is 502. The van der Waals surface area contributed by atoms with Gasteiger partial charge in [-0.05, 0) is 39.6 Å². The van der Waals surface area contributed by atoms with Crippen molar-refractivity contribution in [3.63, 3.8) is 0 Å². The van der Waals surface area contributed by atoms with E-state index in [0.29, 0.717) is 25.1 Å².